The lowest BCUT2D eigenvalue weighted by Gasteiger charge is -2.33. The minimum absolute atomic E-state index is 0.0941. The molecule has 1 fully saturated rings. The Bertz CT molecular complexity index is 712. The molecule has 1 aromatic rings. The summed E-state index contributed by atoms with van der Waals surface area (Å²) in [5.41, 5.74) is 2.04. The second-order valence-corrected chi connectivity index (χ2v) is 9.12. The molecule has 2 rings (SSSR count). The highest BCUT2D eigenvalue weighted by molar-refractivity contribution is 5.77. The van der Waals surface area contributed by atoms with E-state index in [-0.39, 0.29) is 23.8 Å². The van der Waals surface area contributed by atoms with E-state index in [1.54, 1.807) is 24.7 Å². The van der Waals surface area contributed by atoms with E-state index in [1.807, 2.05) is 20.8 Å². The molecule has 1 aliphatic rings. The van der Waals surface area contributed by atoms with E-state index in [0.717, 1.165) is 31.5 Å². The number of carbonyl (C=O) groups is 2. The lowest BCUT2D eigenvalue weighted by Crippen LogP contribution is -2.40. The highest BCUT2D eigenvalue weighted by atomic mass is 19.1. The van der Waals surface area contributed by atoms with Gasteiger partial charge in [-0.2, -0.15) is 0 Å². The number of ether oxygens (including phenoxy) is 2. The van der Waals surface area contributed by atoms with Crippen molar-refractivity contribution >= 4 is 11.9 Å². The summed E-state index contributed by atoms with van der Waals surface area (Å²) in [5, 5.41) is 9.17. The summed E-state index contributed by atoms with van der Waals surface area (Å²) >= 11 is 0. The van der Waals surface area contributed by atoms with Crippen LogP contribution in [0.15, 0.2) is 24.3 Å². The molecule has 31 heavy (non-hydrogen) atoms. The molecule has 0 aromatic heterocycles. The maximum Gasteiger partial charge on any atom is 0.309 e. The molecular weight excluding hydrogens is 403 g/mol. The Balaban J connectivity index is 1.89. The molecule has 0 unspecified atom stereocenters. The van der Waals surface area contributed by atoms with Gasteiger partial charge in [-0.1, -0.05) is 12.1 Å². The highest BCUT2D eigenvalue weighted by Gasteiger charge is 2.30. The van der Waals surface area contributed by atoms with Crippen LogP contribution < -0.4 is 5.48 Å². The van der Waals surface area contributed by atoms with Crippen LogP contribution in [0.3, 0.4) is 0 Å². The fourth-order valence-electron chi connectivity index (χ4n) is 3.87. The molecule has 7 nitrogen and oxygen atoms in total. The summed E-state index contributed by atoms with van der Waals surface area (Å²) in [6.45, 7) is 7.77. The predicted octanol–water partition coefficient (Wildman–Crippen LogP) is 3.47. The first kappa shape index (κ1) is 25.2. The maximum absolute atomic E-state index is 13.2. The second-order valence-electron chi connectivity index (χ2n) is 9.12. The number of hydrogen-bond acceptors (Lipinski definition) is 6. The Morgan fingerprint density at radius 3 is 2.35 bits per heavy atom. The van der Waals surface area contributed by atoms with Crippen molar-refractivity contribution in [2.75, 3.05) is 26.7 Å². The zero-order chi connectivity index (χ0) is 23.0. The van der Waals surface area contributed by atoms with Crippen LogP contribution in [0.1, 0.15) is 58.1 Å². The molecule has 1 saturated heterocycles. The first-order chi connectivity index (χ1) is 14.6. The number of hydrogen-bond donors (Lipinski definition) is 2. The number of methoxy groups -OCH3 is 1. The van der Waals surface area contributed by atoms with E-state index in [2.05, 4.69) is 4.90 Å². The molecule has 8 heteroatoms. The standard InChI is InChI=1S/C23H35FN2O5/c1-23(2,3)31-22(28)17-9-12-26(13-10-17)14-11-18(21(27)25-29)15-20(30-4)16-5-7-19(24)8-6-16/h5-8,17-18,20,29H,9-15H2,1-4H3,(H,25,27)/t18-,20+/m0/s1. The van der Waals surface area contributed by atoms with Crippen molar-refractivity contribution in [2.24, 2.45) is 11.8 Å². The highest BCUT2D eigenvalue weighted by Crippen LogP contribution is 2.28. The van der Waals surface area contributed by atoms with Crippen LogP contribution in [0.2, 0.25) is 0 Å². The average molecular weight is 439 g/mol. The molecule has 174 valence electrons. The summed E-state index contributed by atoms with van der Waals surface area (Å²) in [6.07, 6.45) is 1.96. The number of likely N-dealkylation sites (tertiary alicyclic amines) is 1. The van der Waals surface area contributed by atoms with Crippen LogP contribution in [-0.2, 0) is 19.1 Å². The Morgan fingerprint density at radius 2 is 1.84 bits per heavy atom. The minimum atomic E-state index is -0.485. The largest absolute Gasteiger partial charge is 0.460 e. The SMILES string of the molecule is CO[C@H](C[C@H](CCN1CCC(C(=O)OC(C)(C)C)CC1)C(=O)NO)c1ccc(F)cc1. The molecule has 1 aliphatic heterocycles. The van der Waals surface area contributed by atoms with E-state index < -0.39 is 17.4 Å². The quantitative estimate of drug-likeness (QED) is 0.349. The number of nitrogens with zero attached hydrogens (tertiary/aromatic N) is 1. The van der Waals surface area contributed by atoms with Gasteiger partial charge in [-0.25, -0.2) is 9.87 Å². The number of esters is 1. The van der Waals surface area contributed by atoms with Crippen LogP contribution in [0.4, 0.5) is 4.39 Å². The number of benzene rings is 1. The molecule has 2 atom stereocenters. The second kappa shape index (κ2) is 11.5. The van der Waals surface area contributed by atoms with Gasteiger partial charge in [-0.05, 0) is 83.8 Å². The van der Waals surface area contributed by atoms with Crippen LogP contribution >= 0.6 is 0 Å². The zero-order valence-corrected chi connectivity index (χ0v) is 18.9. The number of carbonyl (C=O) groups excluding carboxylic acids is 2. The van der Waals surface area contributed by atoms with E-state index in [9.17, 15) is 14.0 Å². The van der Waals surface area contributed by atoms with Gasteiger partial charge in [0.25, 0.3) is 0 Å². The normalized spacial score (nSPS) is 17.7. The molecule has 1 amide bonds. The van der Waals surface area contributed by atoms with Crippen LogP contribution in [-0.4, -0.2) is 54.3 Å². The Hall–Kier alpha value is -2.03. The molecule has 1 aromatic carbocycles. The van der Waals surface area contributed by atoms with Gasteiger partial charge in [-0.15, -0.1) is 0 Å². The third kappa shape index (κ3) is 8.20. The molecular formula is C23H35FN2O5. The molecule has 0 saturated carbocycles. The first-order valence-electron chi connectivity index (χ1n) is 10.8. The number of hydroxylamine groups is 1. The minimum Gasteiger partial charge on any atom is -0.460 e. The van der Waals surface area contributed by atoms with Gasteiger partial charge in [0, 0.05) is 13.0 Å². The fraction of sp³-hybridized carbons (Fsp3) is 0.652. The van der Waals surface area contributed by atoms with Crippen molar-refractivity contribution in [1.29, 1.82) is 0 Å². The summed E-state index contributed by atoms with van der Waals surface area (Å²) in [7, 11) is 1.55. The van der Waals surface area contributed by atoms with Crippen molar-refractivity contribution in [2.45, 2.75) is 58.2 Å². The van der Waals surface area contributed by atoms with Crippen LogP contribution in [0, 0.1) is 17.7 Å². The van der Waals surface area contributed by atoms with E-state index in [4.69, 9.17) is 14.7 Å². The van der Waals surface area contributed by atoms with Gasteiger partial charge in [0.15, 0.2) is 0 Å². The lowest BCUT2D eigenvalue weighted by atomic mass is 9.92. The molecule has 0 aliphatic carbocycles. The number of amides is 1. The van der Waals surface area contributed by atoms with Gasteiger partial charge in [0.2, 0.25) is 5.91 Å². The summed E-state index contributed by atoms with van der Waals surface area (Å²) in [4.78, 5) is 26.7. The number of nitrogens with one attached hydrogen (secondary N) is 1. The Morgan fingerprint density at radius 1 is 1.23 bits per heavy atom. The van der Waals surface area contributed by atoms with Crippen LogP contribution in [0.5, 0.6) is 0 Å². The average Bonchev–Trinajstić information content (AvgIpc) is 2.73. The van der Waals surface area contributed by atoms with Crippen LogP contribution in [0.25, 0.3) is 0 Å². The molecule has 0 spiro atoms. The van der Waals surface area contributed by atoms with Crippen molar-refractivity contribution in [3.05, 3.63) is 35.6 Å². The smallest absolute Gasteiger partial charge is 0.309 e. The summed E-state index contributed by atoms with van der Waals surface area (Å²) in [6, 6.07) is 5.99. The zero-order valence-electron chi connectivity index (χ0n) is 18.9. The molecule has 2 N–H and O–H groups in total. The van der Waals surface area contributed by atoms with Crippen molar-refractivity contribution < 1.29 is 28.7 Å². The van der Waals surface area contributed by atoms with Gasteiger partial charge in [0.05, 0.1) is 12.0 Å². The Kier molecular flexibility index (Phi) is 9.40. The lowest BCUT2D eigenvalue weighted by molar-refractivity contribution is -0.161. The van der Waals surface area contributed by atoms with E-state index in [1.165, 1.54) is 12.1 Å². The molecule has 0 radical (unpaired) electrons. The van der Waals surface area contributed by atoms with E-state index in [0.29, 0.717) is 19.4 Å². The number of halogens is 1. The van der Waals surface area contributed by atoms with Gasteiger partial charge < -0.3 is 14.4 Å². The predicted molar refractivity (Wildman–Crippen MR) is 114 cm³/mol. The first-order valence-corrected chi connectivity index (χ1v) is 10.8. The monoisotopic (exact) mass is 438 g/mol. The van der Waals surface area contributed by atoms with Gasteiger partial charge in [-0.3, -0.25) is 14.8 Å². The molecule has 0 bridgehead atoms. The van der Waals surface area contributed by atoms with Crippen molar-refractivity contribution in [3.8, 4) is 0 Å². The van der Waals surface area contributed by atoms with Crippen molar-refractivity contribution in [1.82, 2.24) is 10.4 Å². The van der Waals surface area contributed by atoms with Gasteiger partial charge in [0.1, 0.15) is 11.4 Å². The number of piperidine rings is 1. The third-order valence-electron chi connectivity index (χ3n) is 5.63. The Labute approximate surface area is 183 Å². The van der Waals surface area contributed by atoms with Crippen molar-refractivity contribution in [3.63, 3.8) is 0 Å². The third-order valence-corrected chi connectivity index (χ3v) is 5.63. The topological polar surface area (TPSA) is 88.1 Å². The van der Waals surface area contributed by atoms with Gasteiger partial charge >= 0.3 is 5.97 Å². The summed E-state index contributed by atoms with van der Waals surface area (Å²) in [5.74, 6) is -1.51. The number of rotatable bonds is 9. The fourth-order valence-corrected chi connectivity index (χ4v) is 3.87. The van der Waals surface area contributed by atoms with E-state index >= 15 is 0 Å². The molecule has 1 heterocycles. The maximum atomic E-state index is 13.2. The summed E-state index contributed by atoms with van der Waals surface area (Å²) < 4.78 is 24.2.